The number of carbonyl (C=O) groups excluding carboxylic acids is 1. The molecule has 2 aromatic carbocycles. The maximum atomic E-state index is 12.1. The number of anilines is 1. The van der Waals surface area contributed by atoms with Gasteiger partial charge in [0.15, 0.2) is 6.29 Å². The number of benzene rings is 2. The molecule has 0 saturated carbocycles. The number of carbonyl (C=O) groups is 2. The van der Waals surface area contributed by atoms with Crippen molar-refractivity contribution in [1.82, 2.24) is 4.90 Å². The number of carboxylic acids is 1. The molecule has 0 aromatic heterocycles. The van der Waals surface area contributed by atoms with Crippen LogP contribution >= 0.6 is 0 Å². The number of carboxylic acid groups (broad SMARTS) is 1. The van der Waals surface area contributed by atoms with Gasteiger partial charge in [0.2, 0.25) is 5.91 Å². The molecule has 0 spiro atoms. The van der Waals surface area contributed by atoms with Crippen LogP contribution in [0.1, 0.15) is 54.8 Å². The fraction of sp³-hybridized carbons (Fsp3) is 0.462. The van der Waals surface area contributed by atoms with Crippen LogP contribution in [0.25, 0.3) is 0 Å². The van der Waals surface area contributed by atoms with Crippen molar-refractivity contribution in [3.8, 4) is 0 Å². The summed E-state index contributed by atoms with van der Waals surface area (Å²) in [6.07, 6.45) is -0.276. The van der Waals surface area contributed by atoms with Gasteiger partial charge in [0.1, 0.15) is 0 Å². The molecule has 9 heteroatoms. The Bertz CT molecular complexity index is 1010. The van der Waals surface area contributed by atoms with Crippen LogP contribution in [-0.4, -0.2) is 63.9 Å². The molecule has 0 aliphatic carbocycles. The number of nitrogens with zero attached hydrogens (tertiary/aromatic N) is 1. The number of aliphatic carboxylic acids is 1. The Morgan fingerprint density at radius 2 is 1.86 bits per heavy atom. The molecule has 2 aliphatic heterocycles. The number of amides is 1. The number of hydrogen-bond donors (Lipinski definition) is 4. The number of aliphatic hydroxyl groups excluding tert-OH is 2. The maximum absolute atomic E-state index is 12.1. The monoisotopic (exact) mass is 484 g/mol. The Morgan fingerprint density at radius 3 is 2.54 bits per heavy atom. The summed E-state index contributed by atoms with van der Waals surface area (Å²) >= 11 is 0. The molecule has 9 nitrogen and oxygen atoms in total. The third-order valence-corrected chi connectivity index (χ3v) is 6.33. The van der Waals surface area contributed by atoms with Crippen molar-refractivity contribution in [3.63, 3.8) is 0 Å². The molecule has 188 valence electrons. The Kier molecular flexibility index (Phi) is 8.48. The molecule has 0 unspecified atom stereocenters. The van der Waals surface area contributed by atoms with E-state index < -0.39 is 12.3 Å². The molecule has 2 saturated heterocycles. The van der Waals surface area contributed by atoms with Gasteiger partial charge in [0.25, 0.3) is 0 Å². The Labute approximate surface area is 204 Å². The van der Waals surface area contributed by atoms with E-state index >= 15 is 0 Å². The molecule has 0 radical (unpaired) electrons. The molecule has 2 fully saturated rings. The molecular weight excluding hydrogens is 452 g/mol. The molecule has 1 amide bonds. The average Bonchev–Trinajstić information content (AvgIpc) is 3.27. The van der Waals surface area contributed by atoms with Crippen molar-refractivity contribution in [2.24, 2.45) is 0 Å². The van der Waals surface area contributed by atoms with E-state index in [1.807, 2.05) is 30.3 Å². The SMILES string of the molecule is O=C(O)CCC(=O)Nc1cccc([C@H]2O[C@@H](CN3CC[C@H](O)C3)C[C@@H](c3ccc(CO)cc3)O2)c1. The number of ether oxygens (including phenoxy) is 2. The fourth-order valence-corrected chi connectivity index (χ4v) is 4.51. The second kappa shape index (κ2) is 11.7. The Morgan fingerprint density at radius 1 is 1.06 bits per heavy atom. The highest BCUT2D eigenvalue weighted by Crippen LogP contribution is 2.38. The van der Waals surface area contributed by atoms with Gasteiger partial charge >= 0.3 is 5.97 Å². The van der Waals surface area contributed by atoms with Gasteiger partial charge in [0.05, 0.1) is 31.3 Å². The summed E-state index contributed by atoms with van der Waals surface area (Å²) in [5.74, 6) is -1.39. The smallest absolute Gasteiger partial charge is 0.303 e. The molecule has 2 aliphatic rings. The fourth-order valence-electron chi connectivity index (χ4n) is 4.51. The van der Waals surface area contributed by atoms with Gasteiger partial charge in [-0.05, 0) is 29.7 Å². The first-order chi connectivity index (χ1) is 16.9. The van der Waals surface area contributed by atoms with Crippen LogP contribution in [0.3, 0.4) is 0 Å². The molecule has 4 atom stereocenters. The van der Waals surface area contributed by atoms with E-state index in [1.54, 1.807) is 18.2 Å². The second-order valence-corrected chi connectivity index (χ2v) is 9.12. The van der Waals surface area contributed by atoms with Crippen LogP contribution < -0.4 is 5.32 Å². The van der Waals surface area contributed by atoms with E-state index in [1.165, 1.54) is 0 Å². The summed E-state index contributed by atoms with van der Waals surface area (Å²) in [4.78, 5) is 25.0. The second-order valence-electron chi connectivity index (χ2n) is 9.12. The van der Waals surface area contributed by atoms with E-state index in [4.69, 9.17) is 14.6 Å². The highest BCUT2D eigenvalue weighted by atomic mass is 16.7. The first kappa shape index (κ1) is 25.3. The predicted molar refractivity (Wildman–Crippen MR) is 127 cm³/mol. The van der Waals surface area contributed by atoms with Gasteiger partial charge in [-0.25, -0.2) is 0 Å². The van der Waals surface area contributed by atoms with E-state index in [2.05, 4.69) is 10.2 Å². The predicted octanol–water partition coefficient (Wildman–Crippen LogP) is 2.59. The lowest BCUT2D eigenvalue weighted by atomic mass is 9.99. The molecular formula is C26H32N2O7. The third-order valence-electron chi connectivity index (χ3n) is 6.33. The number of hydrogen-bond acceptors (Lipinski definition) is 7. The van der Waals surface area contributed by atoms with Crippen LogP contribution in [0, 0.1) is 0 Å². The standard InChI is InChI=1S/C26H32N2O7/c29-16-17-4-6-18(7-5-17)23-13-22(15-28-11-10-21(30)14-28)34-26(35-23)19-2-1-3-20(12-19)27-24(31)8-9-25(32)33/h1-7,12,21-23,26,29-30H,8-11,13-16H2,(H,27,31)(H,32,33)/t21-,22+,23-,26-/m0/s1. The quantitative estimate of drug-likeness (QED) is 0.428. The molecule has 35 heavy (non-hydrogen) atoms. The topological polar surface area (TPSA) is 129 Å². The largest absolute Gasteiger partial charge is 0.481 e. The van der Waals surface area contributed by atoms with Crippen molar-refractivity contribution >= 4 is 17.6 Å². The lowest BCUT2D eigenvalue weighted by molar-refractivity contribution is -0.252. The zero-order valence-electron chi connectivity index (χ0n) is 19.5. The van der Waals surface area contributed by atoms with Crippen molar-refractivity contribution in [3.05, 3.63) is 65.2 Å². The lowest BCUT2D eigenvalue weighted by Gasteiger charge is -2.38. The molecule has 2 aromatic rings. The first-order valence-electron chi connectivity index (χ1n) is 11.9. The third kappa shape index (κ3) is 7.09. The molecule has 0 bridgehead atoms. The molecule has 4 N–H and O–H groups in total. The van der Waals surface area contributed by atoms with E-state index in [-0.39, 0.29) is 43.7 Å². The van der Waals surface area contributed by atoms with Crippen LogP contribution in [0.5, 0.6) is 0 Å². The molecule has 4 rings (SSSR count). The minimum atomic E-state index is -1.02. The van der Waals surface area contributed by atoms with Gasteiger partial charge in [-0.3, -0.25) is 14.5 Å². The lowest BCUT2D eigenvalue weighted by Crippen LogP contribution is -2.38. The van der Waals surface area contributed by atoms with Crippen LogP contribution in [0.4, 0.5) is 5.69 Å². The van der Waals surface area contributed by atoms with Gasteiger partial charge < -0.3 is 30.1 Å². The normalized spacial score (nSPS) is 24.9. The highest BCUT2D eigenvalue weighted by Gasteiger charge is 2.34. The summed E-state index contributed by atoms with van der Waals surface area (Å²) in [5.41, 5.74) is 3.09. The number of nitrogens with one attached hydrogen (secondary N) is 1. The van der Waals surface area contributed by atoms with Crippen molar-refractivity contribution in [2.75, 3.05) is 25.0 Å². The summed E-state index contributed by atoms with van der Waals surface area (Å²) in [5, 5.41) is 30.8. The summed E-state index contributed by atoms with van der Waals surface area (Å²) in [7, 11) is 0. The van der Waals surface area contributed by atoms with Gasteiger partial charge in [-0.15, -0.1) is 0 Å². The maximum Gasteiger partial charge on any atom is 0.303 e. The highest BCUT2D eigenvalue weighted by molar-refractivity contribution is 5.92. The number of rotatable bonds is 9. The van der Waals surface area contributed by atoms with Crippen LogP contribution in [0.15, 0.2) is 48.5 Å². The van der Waals surface area contributed by atoms with Crippen LogP contribution in [0.2, 0.25) is 0 Å². The zero-order valence-corrected chi connectivity index (χ0v) is 19.5. The van der Waals surface area contributed by atoms with Gasteiger partial charge in [-0.1, -0.05) is 36.4 Å². The Balaban J connectivity index is 1.50. The van der Waals surface area contributed by atoms with Crippen LogP contribution in [-0.2, 0) is 25.7 Å². The number of likely N-dealkylation sites (tertiary alicyclic amines) is 1. The first-order valence-corrected chi connectivity index (χ1v) is 11.9. The van der Waals surface area contributed by atoms with Crippen molar-refractivity contribution in [2.45, 2.75) is 56.9 Å². The van der Waals surface area contributed by atoms with E-state index in [0.717, 1.165) is 29.7 Å². The van der Waals surface area contributed by atoms with E-state index in [0.29, 0.717) is 25.2 Å². The summed E-state index contributed by atoms with van der Waals surface area (Å²) in [6.45, 7) is 2.09. The minimum Gasteiger partial charge on any atom is -0.481 e. The van der Waals surface area contributed by atoms with Crippen molar-refractivity contribution < 1.29 is 34.4 Å². The zero-order chi connectivity index (χ0) is 24.8. The average molecular weight is 485 g/mol. The van der Waals surface area contributed by atoms with Crippen molar-refractivity contribution in [1.29, 1.82) is 0 Å². The van der Waals surface area contributed by atoms with Gasteiger partial charge in [-0.2, -0.15) is 0 Å². The summed E-state index contributed by atoms with van der Waals surface area (Å²) in [6, 6.07) is 14.8. The van der Waals surface area contributed by atoms with Gasteiger partial charge in [0, 0.05) is 43.7 Å². The number of β-amino-alcohol motifs (C(OH)–C–C–N with tert-alkyl or cyclic N) is 1. The summed E-state index contributed by atoms with van der Waals surface area (Å²) < 4.78 is 12.7. The number of aliphatic hydroxyl groups is 2. The molecule has 2 heterocycles. The van der Waals surface area contributed by atoms with E-state index in [9.17, 15) is 19.8 Å². The minimum absolute atomic E-state index is 0.0254. The Hall–Kier alpha value is -2.82.